The normalized spacial score (nSPS) is 16.1. The summed E-state index contributed by atoms with van der Waals surface area (Å²) in [4.78, 5) is 14.1. The van der Waals surface area contributed by atoms with Gasteiger partial charge in [-0.1, -0.05) is 6.07 Å². The first-order valence-corrected chi connectivity index (χ1v) is 6.93. The number of hydrogen-bond acceptors (Lipinski definition) is 3. The minimum Gasteiger partial charge on any atom is -0.378 e. The second-order valence-electron chi connectivity index (χ2n) is 5.35. The van der Waals surface area contributed by atoms with Crippen molar-refractivity contribution in [2.24, 2.45) is 5.92 Å². The SMILES string of the molecule is CN(C)c1cccc(C(=O)NCC2CCNCC2)c1. The summed E-state index contributed by atoms with van der Waals surface area (Å²) in [6, 6.07) is 7.72. The van der Waals surface area contributed by atoms with E-state index in [4.69, 9.17) is 0 Å². The summed E-state index contributed by atoms with van der Waals surface area (Å²) in [7, 11) is 3.96. The van der Waals surface area contributed by atoms with Crippen molar-refractivity contribution in [2.75, 3.05) is 38.6 Å². The predicted molar refractivity (Wildman–Crippen MR) is 78.7 cm³/mol. The molecule has 4 heteroatoms. The Balaban J connectivity index is 1.90. The lowest BCUT2D eigenvalue weighted by Gasteiger charge is -2.22. The summed E-state index contributed by atoms with van der Waals surface area (Å²) in [5, 5.41) is 6.39. The van der Waals surface area contributed by atoms with E-state index in [1.807, 2.05) is 43.3 Å². The summed E-state index contributed by atoms with van der Waals surface area (Å²) >= 11 is 0. The third-order valence-electron chi connectivity index (χ3n) is 3.63. The van der Waals surface area contributed by atoms with Gasteiger partial charge in [0.25, 0.3) is 5.91 Å². The Kier molecular flexibility index (Phi) is 4.80. The van der Waals surface area contributed by atoms with Crippen LogP contribution >= 0.6 is 0 Å². The molecule has 0 aliphatic carbocycles. The topological polar surface area (TPSA) is 44.4 Å². The first-order chi connectivity index (χ1) is 9.16. The van der Waals surface area contributed by atoms with Crippen LogP contribution in [-0.4, -0.2) is 39.6 Å². The molecule has 1 aromatic carbocycles. The van der Waals surface area contributed by atoms with Crippen LogP contribution in [0.25, 0.3) is 0 Å². The third kappa shape index (κ3) is 3.96. The highest BCUT2D eigenvalue weighted by molar-refractivity contribution is 5.95. The van der Waals surface area contributed by atoms with Crippen molar-refractivity contribution in [2.45, 2.75) is 12.8 Å². The van der Waals surface area contributed by atoms with E-state index in [2.05, 4.69) is 10.6 Å². The average molecular weight is 261 g/mol. The minimum atomic E-state index is 0.0298. The van der Waals surface area contributed by atoms with Crippen molar-refractivity contribution in [3.8, 4) is 0 Å². The van der Waals surface area contributed by atoms with Crippen molar-refractivity contribution < 1.29 is 4.79 Å². The Hall–Kier alpha value is -1.55. The number of carbonyl (C=O) groups is 1. The van der Waals surface area contributed by atoms with Gasteiger partial charge in [0.1, 0.15) is 0 Å². The Morgan fingerprint density at radius 1 is 1.37 bits per heavy atom. The monoisotopic (exact) mass is 261 g/mol. The molecule has 1 aromatic rings. The van der Waals surface area contributed by atoms with Crippen molar-refractivity contribution in [3.05, 3.63) is 29.8 Å². The van der Waals surface area contributed by atoms with Gasteiger partial charge in [0.05, 0.1) is 0 Å². The summed E-state index contributed by atoms with van der Waals surface area (Å²) < 4.78 is 0. The minimum absolute atomic E-state index is 0.0298. The first-order valence-electron chi connectivity index (χ1n) is 6.93. The second-order valence-corrected chi connectivity index (χ2v) is 5.35. The number of carbonyl (C=O) groups excluding carboxylic acids is 1. The summed E-state index contributed by atoms with van der Waals surface area (Å²) in [5.74, 6) is 0.643. The van der Waals surface area contributed by atoms with Crippen molar-refractivity contribution >= 4 is 11.6 Å². The van der Waals surface area contributed by atoms with Crippen LogP contribution in [-0.2, 0) is 0 Å². The molecule has 0 unspecified atom stereocenters. The van der Waals surface area contributed by atoms with Crippen LogP contribution in [0.3, 0.4) is 0 Å². The Bertz CT molecular complexity index is 425. The van der Waals surface area contributed by atoms with Crippen LogP contribution in [0, 0.1) is 5.92 Å². The molecule has 2 N–H and O–H groups in total. The smallest absolute Gasteiger partial charge is 0.251 e. The Labute approximate surface area is 115 Å². The fourth-order valence-corrected chi connectivity index (χ4v) is 2.35. The van der Waals surface area contributed by atoms with E-state index >= 15 is 0 Å². The molecule has 0 atom stereocenters. The molecule has 0 spiro atoms. The van der Waals surface area contributed by atoms with Crippen LogP contribution in [0.15, 0.2) is 24.3 Å². The highest BCUT2D eigenvalue weighted by Gasteiger charge is 2.14. The molecule has 1 fully saturated rings. The standard InChI is InChI=1S/C15H23N3O/c1-18(2)14-5-3-4-13(10-14)15(19)17-11-12-6-8-16-9-7-12/h3-5,10,12,16H,6-9,11H2,1-2H3,(H,17,19). The molecule has 0 radical (unpaired) electrons. The number of amides is 1. The number of hydrogen-bond donors (Lipinski definition) is 2. The molecule has 1 heterocycles. The predicted octanol–water partition coefficient (Wildman–Crippen LogP) is 1.48. The van der Waals surface area contributed by atoms with Crippen LogP contribution < -0.4 is 15.5 Å². The Morgan fingerprint density at radius 3 is 2.79 bits per heavy atom. The van der Waals surface area contributed by atoms with E-state index in [0.29, 0.717) is 5.92 Å². The van der Waals surface area contributed by atoms with Crippen LogP contribution in [0.5, 0.6) is 0 Å². The first kappa shape index (κ1) is 13.9. The molecule has 0 saturated carbocycles. The molecule has 19 heavy (non-hydrogen) atoms. The van der Waals surface area contributed by atoms with Gasteiger partial charge in [0, 0.05) is 31.9 Å². The average Bonchev–Trinajstić information content (AvgIpc) is 2.46. The number of piperidine rings is 1. The van der Waals surface area contributed by atoms with Gasteiger partial charge in [-0.2, -0.15) is 0 Å². The number of rotatable bonds is 4. The molecule has 1 saturated heterocycles. The molecule has 0 aromatic heterocycles. The largest absolute Gasteiger partial charge is 0.378 e. The number of anilines is 1. The van der Waals surface area contributed by atoms with Gasteiger partial charge in [0.2, 0.25) is 0 Å². The number of nitrogens with zero attached hydrogens (tertiary/aromatic N) is 1. The van der Waals surface area contributed by atoms with Crippen molar-refractivity contribution in [1.82, 2.24) is 10.6 Å². The third-order valence-corrected chi connectivity index (χ3v) is 3.63. The Morgan fingerprint density at radius 2 is 2.11 bits per heavy atom. The summed E-state index contributed by atoms with van der Waals surface area (Å²) in [6.45, 7) is 2.92. The maximum absolute atomic E-state index is 12.1. The zero-order valence-electron chi connectivity index (χ0n) is 11.8. The van der Waals surface area contributed by atoms with Gasteiger partial charge < -0.3 is 15.5 Å². The molecule has 4 nitrogen and oxygen atoms in total. The lowest BCUT2D eigenvalue weighted by molar-refractivity contribution is 0.0944. The molecular weight excluding hydrogens is 238 g/mol. The zero-order chi connectivity index (χ0) is 13.7. The fourth-order valence-electron chi connectivity index (χ4n) is 2.35. The lowest BCUT2D eigenvalue weighted by atomic mass is 9.98. The maximum atomic E-state index is 12.1. The van der Waals surface area contributed by atoms with Crippen molar-refractivity contribution in [3.63, 3.8) is 0 Å². The quantitative estimate of drug-likeness (QED) is 0.863. The fraction of sp³-hybridized carbons (Fsp3) is 0.533. The molecule has 1 aliphatic rings. The van der Waals surface area contributed by atoms with Crippen LogP contribution in [0.4, 0.5) is 5.69 Å². The molecule has 1 amide bonds. The van der Waals surface area contributed by atoms with Crippen LogP contribution in [0.2, 0.25) is 0 Å². The van der Waals surface area contributed by atoms with Gasteiger partial charge in [0.15, 0.2) is 0 Å². The van der Waals surface area contributed by atoms with E-state index in [1.54, 1.807) is 0 Å². The van der Waals surface area contributed by atoms with E-state index in [9.17, 15) is 4.79 Å². The van der Waals surface area contributed by atoms with Gasteiger partial charge in [-0.15, -0.1) is 0 Å². The molecule has 1 aliphatic heterocycles. The van der Waals surface area contributed by atoms with Gasteiger partial charge in [-0.3, -0.25) is 4.79 Å². The van der Waals surface area contributed by atoms with Gasteiger partial charge in [-0.05, 0) is 50.0 Å². The summed E-state index contributed by atoms with van der Waals surface area (Å²) in [5.41, 5.74) is 1.79. The van der Waals surface area contributed by atoms with Crippen LogP contribution in [0.1, 0.15) is 23.2 Å². The molecule has 0 bridgehead atoms. The van der Waals surface area contributed by atoms with Crippen molar-refractivity contribution in [1.29, 1.82) is 0 Å². The highest BCUT2D eigenvalue weighted by atomic mass is 16.1. The number of benzene rings is 1. The van der Waals surface area contributed by atoms with Gasteiger partial charge >= 0.3 is 0 Å². The molecule has 104 valence electrons. The summed E-state index contributed by atoms with van der Waals surface area (Å²) in [6.07, 6.45) is 2.30. The van der Waals surface area contributed by atoms with E-state index in [-0.39, 0.29) is 5.91 Å². The lowest BCUT2D eigenvalue weighted by Crippen LogP contribution is -2.36. The highest BCUT2D eigenvalue weighted by Crippen LogP contribution is 2.14. The maximum Gasteiger partial charge on any atom is 0.251 e. The van der Waals surface area contributed by atoms with E-state index in [0.717, 1.165) is 43.7 Å². The van der Waals surface area contributed by atoms with Gasteiger partial charge in [-0.25, -0.2) is 0 Å². The molecular formula is C15H23N3O. The van der Waals surface area contributed by atoms with E-state index < -0.39 is 0 Å². The second kappa shape index (κ2) is 6.57. The molecule has 2 rings (SSSR count). The van der Waals surface area contributed by atoms with E-state index in [1.165, 1.54) is 0 Å². The number of nitrogens with one attached hydrogen (secondary N) is 2. The zero-order valence-corrected chi connectivity index (χ0v) is 11.8.